The summed E-state index contributed by atoms with van der Waals surface area (Å²) in [4.78, 5) is 140. The zero-order chi connectivity index (χ0) is 101. The van der Waals surface area contributed by atoms with Crippen LogP contribution in [0.3, 0.4) is 0 Å². The molecule has 8 aliphatic heterocycles. The standard InChI is InChI=1S/C23H23BrF3N5O4.C23H22BrFN4O4S.C22H20BrF3N4O4S.C21H18BrF3N4O4S/c1-3-36-22(35)17-15(10-32-11-23(26,27)9-16(32)21(33)34)29-19(20-28-6-7-31(20)2)30-18(17)13-5-4-12(25)8-14(13)24;1-3-33-23(32)18-16(11-29-10-12(2)8-17(29)22(30)31)27-20(21-26-6-7-34-21)28-19(18)14-5-4-13(25)9-15(14)24;1-2-34-21(33)16-14(9-30-10-22(25,26)8-15(30)20(31)32)28-18(19-27-5-6-35-19)29-17(16)12-4-3-11(24)7-13(12)23;1-33-20(32)15-13(8-29-9-21(24,25)7-14(29)19(30)31)27-17(18-26-4-5-34-18)28-16(15)11-3-2-10(23)6-12(11)22/h4-8,16,18H,3,9-11H2,1-2H3,(H,29,30)(H,33,34);4-7,9,17,19H,2-3,8,10-11H2,1H3,(H,27,28)(H,30,31);3-7,15,17H,2,8-10H2,1H3,(H,28,29)(H,31,32);2-6,14,16H,7-9H2,1H3,(H,27,28)(H,30,31)/t16-,18?;17-,19?;15-,17-;14-,16-/m0000/s1. The van der Waals surface area contributed by atoms with E-state index in [0.29, 0.717) is 85.5 Å². The maximum Gasteiger partial charge on any atom is 0.338 e. The molecule has 16 rings (SSSR count). The molecule has 139 heavy (non-hydrogen) atoms. The molecule has 0 bridgehead atoms. The number of halogens is 14. The van der Waals surface area contributed by atoms with Gasteiger partial charge in [-0.15, -0.1) is 34.0 Å². The number of thiazole rings is 3. The third kappa shape index (κ3) is 24.9. The largest absolute Gasteiger partial charge is 0.480 e. The van der Waals surface area contributed by atoms with Crippen molar-refractivity contribution in [2.24, 2.45) is 27.0 Å². The van der Waals surface area contributed by atoms with E-state index < -0.39 is 176 Å². The second kappa shape index (κ2) is 44.9. The van der Waals surface area contributed by atoms with Crippen LogP contribution in [0.5, 0.6) is 0 Å². The molecule has 0 spiro atoms. The molecule has 50 heteroatoms. The number of rotatable bonds is 27. The van der Waals surface area contributed by atoms with Crippen LogP contribution >= 0.6 is 97.7 Å². The molecule has 8 atom stereocenters. The highest BCUT2D eigenvalue weighted by molar-refractivity contribution is 9.11. The number of hydrogen-bond donors (Lipinski definition) is 8. The molecule has 0 aliphatic carbocycles. The third-order valence-electron chi connectivity index (χ3n) is 22.4. The smallest absolute Gasteiger partial charge is 0.338 e. The van der Waals surface area contributed by atoms with Crippen LogP contribution in [0.1, 0.15) is 114 Å². The minimum atomic E-state index is -3.21. The summed E-state index contributed by atoms with van der Waals surface area (Å²) in [6.45, 7) is 6.28. The van der Waals surface area contributed by atoms with E-state index in [4.69, 9.17) is 23.9 Å². The lowest BCUT2D eigenvalue weighted by atomic mass is 9.95. The Morgan fingerprint density at radius 2 is 0.719 bits per heavy atom. The van der Waals surface area contributed by atoms with E-state index in [1.165, 1.54) is 107 Å². The van der Waals surface area contributed by atoms with Crippen molar-refractivity contribution in [3.63, 3.8) is 0 Å². The summed E-state index contributed by atoms with van der Waals surface area (Å²) in [5, 5.41) is 57.2. The number of ether oxygens (including phenoxy) is 4. The molecule has 4 aromatic carbocycles. The van der Waals surface area contributed by atoms with E-state index in [2.05, 4.69) is 126 Å². The average Bonchev–Trinajstić information content (AvgIpc) is 1.56. The number of methoxy groups -OCH3 is 1. The first-order chi connectivity index (χ1) is 66.0. The first-order valence-electron chi connectivity index (χ1n) is 42.0. The predicted octanol–water partition coefficient (Wildman–Crippen LogP) is 13.8. The number of imidazole rings is 1. The topological polar surface area (TPSA) is 421 Å². The number of aliphatic imine (C=N–C) groups is 4. The lowest BCUT2D eigenvalue weighted by Crippen LogP contribution is -2.44. The summed E-state index contributed by atoms with van der Waals surface area (Å²) in [6, 6.07) is 6.88. The Bertz CT molecular complexity index is 6350. The second-order valence-corrected chi connectivity index (χ2v) is 38.1. The van der Waals surface area contributed by atoms with Gasteiger partial charge in [-0.2, -0.15) is 0 Å². The fraction of sp³-hybridized carbons (Fsp3) is 0.348. The van der Waals surface area contributed by atoms with Crippen LogP contribution in [0.25, 0.3) is 0 Å². The summed E-state index contributed by atoms with van der Waals surface area (Å²) < 4.78 is 164. The maximum atomic E-state index is 14.2. The lowest BCUT2D eigenvalue weighted by Gasteiger charge is -2.31. The summed E-state index contributed by atoms with van der Waals surface area (Å²) >= 11 is 17.2. The Morgan fingerprint density at radius 3 is 0.978 bits per heavy atom. The zero-order valence-electron chi connectivity index (χ0n) is 73.5. The highest BCUT2D eigenvalue weighted by Gasteiger charge is 2.53. The number of benzene rings is 4. The van der Waals surface area contributed by atoms with Gasteiger partial charge in [0.15, 0.2) is 44.2 Å². The Hall–Kier alpha value is -11.6. The fourth-order valence-corrected chi connectivity index (χ4v) is 20.4. The number of carbonyl (C=O) groups is 8. The number of carbonyl (C=O) groups excluding carboxylic acids is 4. The number of alkyl halides is 6. The average molecular weight is 2250 g/mol. The van der Waals surface area contributed by atoms with Gasteiger partial charge in [-0.1, -0.05) is 100 Å². The number of aromatic nitrogens is 5. The first kappa shape index (κ1) is 105. The van der Waals surface area contributed by atoms with E-state index in [0.717, 1.165) is 27.4 Å². The molecule has 2 unspecified atom stereocenters. The number of carboxylic acid groups (broad SMARTS) is 4. The molecular formula is C89H83Br4F10N17O16S3. The number of likely N-dealkylation sites (tertiary alicyclic amines) is 4. The lowest BCUT2D eigenvalue weighted by molar-refractivity contribution is -0.143. The highest BCUT2D eigenvalue weighted by atomic mass is 79.9. The van der Waals surface area contributed by atoms with Crippen molar-refractivity contribution in [2.75, 3.05) is 79.3 Å². The molecule has 8 aromatic rings. The first-order valence-corrected chi connectivity index (χ1v) is 47.8. The number of nitrogens with one attached hydrogen (secondary N) is 4. The maximum absolute atomic E-state index is 14.2. The van der Waals surface area contributed by atoms with E-state index in [1.807, 2.05) is 0 Å². The van der Waals surface area contributed by atoms with Crippen LogP contribution in [0.15, 0.2) is 215 Å². The minimum Gasteiger partial charge on any atom is -0.480 e. The molecule has 33 nitrogen and oxygen atoms in total. The van der Waals surface area contributed by atoms with E-state index in [-0.39, 0.29) is 103 Å². The van der Waals surface area contributed by atoms with Crippen molar-refractivity contribution in [2.45, 2.75) is 113 Å². The Kier molecular flexibility index (Phi) is 33.8. The highest BCUT2D eigenvalue weighted by Crippen LogP contribution is 2.46. The van der Waals surface area contributed by atoms with Gasteiger partial charge in [-0.05, 0) is 98.0 Å². The summed E-state index contributed by atoms with van der Waals surface area (Å²) in [5.74, 6) is -18.0. The molecule has 0 saturated carbocycles. The molecule has 8 aliphatic rings. The van der Waals surface area contributed by atoms with Crippen molar-refractivity contribution < 1.29 is 122 Å². The van der Waals surface area contributed by atoms with Crippen molar-refractivity contribution in [3.8, 4) is 0 Å². The second-order valence-electron chi connectivity index (χ2n) is 32.0. The zero-order valence-corrected chi connectivity index (χ0v) is 82.3. The van der Waals surface area contributed by atoms with Crippen LogP contribution in [0.4, 0.5) is 43.9 Å². The van der Waals surface area contributed by atoms with Gasteiger partial charge in [0, 0.05) is 147 Å². The van der Waals surface area contributed by atoms with Crippen molar-refractivity contribution in [1.29, 1.82) is 0 Å². The summed E-state index contributed by atoms with van der Waals surface area (Å²) in [5.41, 5.74) is 3.81. The monoisotopic (exact) mass is 2250 g/mol. The molecular weight excluding hydrogens is 2170 g/mol. The molecule has 12 heterocycles. The third-order valence-corrected chi connectivity index (χ3v) is 27.5. The fourth-order valence-electron chi connectivity index (χ4n) is 16.4. The number of esters is 4. The number of hydrogen-bond acceptors (Lipinski definition) is 31. The molecule has 736 valence electrons. The Balaban J connectivity index is 0.000000156. The molecule has 8 N–H and O–H groups in total. The van der Waals surface area contributed by atoms with E-state index in [1.54, 1.807) is 84.3 Å². The van der Waals surface area contributed by atoms with Crippen molar-refractivity contribution >= 4 is 169 Å². The van der Waals surface area contributed by atoms with Gasteiger partial charge in [0.1, 0.15) is 71.6 Å². The van der Waals surface area contributed by atoms with Crippen LogP contribution < -0.4 is 21.3 Å². The minimum absolute atomic E-state index is 0.00136. The Morgan fingerprint density at radius 1 is 0.432 bits per heavy atom. The number of aryl methyl sites for hydroxylation is 1. The van der Waals surface area contributed by atoms with Gasteiger partial charge < -0.3 is 65.2 Å². The molecule has 0 amide bonds. The van der Waals surface area contributed by atoms with Gasteiger partial charge >= 0.3 is 47.8 Å². The van der Waals surface area contributed by atoms with Gasteiger partial charge in [0.25, 0.3) is 17.8 Å². The molecule has 0 radical (unpaired) electrons. The Labute approximate surface area is 830 Å². The van der Waals surface area contributed by atoms with Gasteiger partial charge in [0.2, 0.25) is 0 Å². The number of aliphatic carboxylic acids is 4. The molecule has 4 aromatic heterocycles. The van der Waals surface area contributed by atoms with Crippen molar-refractivity contribution in [3.05, 3.63) is 261 Å². The predicted molar refractivity (Wildman–Crippen MR) is 500 cm³/mol. The van der Waals surface area contributed by atoms with E-state index in [9.17, 15) is 103 Å². The van der Waals surface area contributed by atoms with Crippen LogP contribution in [-0.2, 0) is 64.4 Å². The normalized spacial score (nSPS) is 21.7. The van der Waals surface area contributed by atoms with Gasteiger partial charge in [-0.25, -0.2) is 83.0 Å². The number of nitrogens with zero attached hydrogens (tertiary/aromatic N) is 13. The molecule has 4 fully saturated rings. The van der Waals surface area contributed by atoms with Crippen LogP contribution in [0, 0.1) is 23.3 Å². The van der Waals surface area contributed by atoms with E-state index >= 15 is 0 Å². The van der Waals surface area contributed by atoms with Crippen molar-refractivity contribution in [1.82, 2.24) is 65.4 Å². The van der Waals surface area contributed by atoms with Crippen LogP contribution in [-0.4, -0.2) is 257 Å². The molecule has 4 saturated heterocycles. The number of carboxylic acids is 4. The van der Waals surface area contributed by atoms with Gasteiger partial charge in [-0.3, -0.25) is 58.7 Å². The summed E-state index contributed by atoms with van der Waals surface area (Å²) in [6.07, 6.45) is 5.75. The summed E-state index contributed by atoms with van der Waals surface area (Å²) in [7, 11) is 2.88. The van der Waals surface area contributed by atoms with Crippen LogP contribution in [0.2, 0.25) is 0 Å². The number of amidine groups is 4. The van der Waals surface area contributed by atoms with Gasteiger partial charge in [0.05, 0.1) is 68.9 Å². The SMILES string of the molecule is C=C1C[C@@H](C(=O)O)N(CC2=C(C(=O)OCC)C(c3ccc(F)cc3Br)N=C(c3nccs3)N2)C1.CCOC(=O)C1=C(CN2CC(F)(F)C[C@H]2C(=O)O)NC(c2nccn2C)=NC1c1ccc(F)cc1Br.CCOC(=O)C1=C(CN2CC(F)(F)C[C@H]2C(=O)O)NC(c2nccs2)=N[C@H]1c1ccc(F)cc1Br.COC(=O)C1=C(CN2CC(F)(F)C[C@H]2C(=O)O)NC(c2nccs2)=N[C@H]1c1ccc(F)cc1Br. The quantitative estimate of drug-likeness (QED) is 0.0103.